The summed E-state index contributed by atoms with van der Waals surface area (Å²) < 4.78 is 19.9. The van der Waals surface area contributed by atoms with Gasteiger partial charge in [-0.25, -0.2) is 4.39 Å². The molecule has 2 rings (SSSR count). The summed E-state index contributed by atoms with van der Waals surface area (Å²) in [6, 6.07) is 14.8. The van der Waals surface area contributed by atoms with Crippen LogP contribution in [0, 0.1) is 17.1 Å². The molecule has 0 aliphatic heterocycles. The predicted molar refractivity (Wildman–Crippen MR) is 83.5 cm³/mol. The first-order valence-electron chi connectivity index (χ1n) is 6.51. The Morgan fingerprint density at radius 3 is 2.52 bits per heavy atom. The Labute approximate surface area is 132 Å². The molecule has 0 amide bonds. The second kappa shape index (κ2) is 6.28. The molecule has 2 nitrogen and oxygen atoms in total. The first-order valence-corrected chi connectivity index (χ1v) is 7.31. The van der Waals surface area contributed by atoms with Crippen LogP contribution >= 0.6 is 15.9 Å². The lowest BCUT2D eigenvalue weighted by Crippen LogP contribution is -2.16. The summed E-state index contributed by atoms with van der Waals surface area (Å²) in [6.07, 6.45) is 0. The summed E-state index contributed by atoms with van der Waals surface area (Å²) in [5.74, 6) is 0.110. The lowest BCUT2D eigenvalue weighted by atomic mass is 9.85. The lowest BCUT2D eigenvalue weighted by Gasteiger charge is -2.21. The van der Waals surface area contributed by atoms with E-state index in [0.29, 0.717) is 22.4 Å². The summed E-state index contributed by atoms with van der Waals surface area (Å²) in [7, 11) is 0. The van der Waals surface area contributed by atoms with E-state index in [1.807, 2.05) is 30.3 Å². The Balaban J connectivity index is 2.34. The molecule has 0 unspecified atom stereocenters. The molecule has 0 radical (unpaired) electrons. The molecule has 0 bridgehead atoms. The summed E-state index contributed by atoms with van der Waals surface area (Å²) in [5, 5.41) is 9.28. The first kappa shape index (κ1) is 15.5. The highest BCUT2D eigenvalue weighted by atomic mass is 79.9. The minimum Gasteiger partial charge on any atom is -0.489 e. The topological polar surface area (TPSA) is 33.0 Å². The molecule has 0 spiro atoms. The minimum atomic E-state index is -0.826. The van der Waals surface area contributed by atoms with Gasteiger partial charge in [-0.2, -0.15) is 5.26 Å². The van der Waals surface area contributed by atoms with Crippen molar-refractivity contribution in [2.45, 2.75) is 25.9 Å². The molecule has 2 aromatic carbocycles. The molecular weight excluding hydrogens is 333 g/mol. The molecule has 0 heterocycles. The number of benzene rings is 2. The third-order valence-corrected chi connectivity index (χ3v) is 3.82. The summed E-state index contributed by atoms with van der Waals surface area (Å²) in [6.45, 7) is 3.85. The van der Waals surface area contributed by atoms with E-state index in [9.17, 15) is 9.65 Å². The number of hydrogen-bond donors (Lipinski definition) is 0. The highest BCUT2D eigenvalue weighted by Gasteiger charge is 2.26. The second-order valence-electron chi connectivity index (χ2n) is 5.27. The van der Waals surface area contributed by atoms with Gasteiger partial charge in [-0.3, -0.25) is 0 Å². The van der Waals surface area contributed by atoms with Crippen molar-refractivity contribution in [1.29, 1.82) is 5.26 Å². The molecule has 0 saturated heterocycles. The standard InChI is InChI=1S/C17H15BrFNO/c1-17(2,11-20)13-8-15(19)14(18)9-16(13)21-10-12-6-4-3-5-7-12/h3-9H,10H2,1-2H3. The molecule has 0 aromatic heterocycles. The smallest absolute Gasteiger partial charge is 0.137 e. The van der Waals surface area contributed by atoms with Gasteiger partial charge in [-0.1, -0.05) is 30.3 Å². The van der Waals surface area contributed by atoms with Gasteiger partial charge in [0.25, 0.3) is 0 Å². The first-order chi connectivity index (χ1) is 9.94. The quantitative estimate of drug-likeness (QED) is 0.782. The van der Waals surface area contributed by atoms with E-state index >= 15 is 0 Å². The number of halogens is 2. The maximum absolute atomic E-state index is 13.8. The molecule has 0 aliphatic rings. The maximum Gasteiger partial charge on any atom is 0.137 e. The van der Waals surface area contributed by atoms with E-state index in [1.165, 1.54) is 6.07 Å². The zero-order valence-electron chi connectivity index (χ0n) is 11.9. The van der Waals surface area contributed by atoms with Crippen LogP contribution in [0.25, 0.3) is 0 Å². The van der Waals surface area contributed by atoms with Gasteiger partial charge in [-0.05, 0) is 47.5 Å². The fraction of sp³-hybridized carbons (Fsp3) is 0.235. The van der Waals surface area contributed by atoms with E-state index in [1.54, 1.807) is 19.9 Å². The van der Waals surface area contributed by atoms with Crippen molar-refractivity contribution in [2.75, 3.05) is 0 Å². The predicted octanol–water partition coefficient (Wildman–Crippen LogP) is 4.97. The fourth-order valence-electron chi connectivity index (χ4n) is 1.93. The van der Waals surface area contributed by atoms with Gasteiger partial charge in [0.15, 0.2) is 0 Å². The van der Waals surface area contributed by atoms with E-state index in [0.717, 1.165) is 5.56 Å². The van der Waals surface area contributed by atoms with E-state index < -0.39 is 11.2 Å². The Morgan fingerprint density at radius 1 is 1.24 bits per heavy atom. The minimum absolute atomic E-state index is 0.322. The van der Waals surface area contributed by atoms with Gasteiger partial charge in [0.05, 0.1) is 16.0 Å². The zero-order valence-corrected chi connectivity index (χ0v) is 13.4. The van der Waals surface area contributed by atoms with Crippen LogP contribution in [0.15, 0.2) is 46.9 Å². The second-order valence-corrected chi connectivity index (χ2v) is 6.13. The van der Waals surface area contributed by atoms with Gasteiger partial charge in [0.1, 0.15) is 18.2 Å². The highest BCUT2D eigenvalue weighted by Crippen LogP contribution is 2.35. The molecule has 0 N–H and O–H groups in total. The number of rotatable bonds is 4. The zero-order chi connectivity index (χ0) is 15.5. The Bertz CT molecular complexity index is 677. The molecule has 0 aliphatic carbocycles. The largest absolute Gasteiger partial charge is 0.489 e. The van der Waals surface area contributed by atoms with Crippen LogP contribution in [-0.4, -0.2) is 0 Å². The molecule has 0 atom stereocenters. The van der Waals surface area contributed by atoms with Crippen LogP contribution in [0.3, 0.4) is 0 Å². The number of hydrogen-bond acceptors (Lipinski definition) is 2. The van der Waals surface area contributed by atoms with Gasteiger partial charge in [0.2, 0.25) is 0 Å². The molecule has 0 fully saturated rings. The molecule has 2 aromatic rings. The van der Waals surface area contributed by atoms with Crippen molar-refractivity contribution in [1.82, 2.24) is 0 Å². The van der Waals surface area contributed by atoms with Crippen LogP contribution in [0.1, 0.15) is 25.0 Å². The number of ether oxygens (including phenoxy) is 1. The van der Waals surface area contributed by atoms with Gasteiger partial charge in [0, 0.05) is 5.56 Å². The normalized spacial score (nSPS) is 11.0. The monoisotopic (exact) mass is 347 g/mol. The van der Waals surface area contributed by atoms with Crippen LogP contribution in [-0.2, 0) is 12.0 Å². The molecular formula is C17H15BrFNO. The van der Waals surface area contributed by atoms with E-state index in [-0.39, 0.29) is 0 Å². The van der Waals surface area contributed by atoms with Crippen molar-refractivity contribution < 1.29 is 9.13 Å². The highest BCUT2D eigenvalue weighted by molar-refractivity contribution is 9.10. The SMILES string of the molecule is CC(C)(C#N)c1cc(F)c(Br)cc1OCc1ccccc1. The maximum atomic E-state index is 13.8. The molecule has 4 heteroatoms. The molecule has 21 heavy (non-hydrogen) atoms. The Morgan fingerprint density at radius 2 is 1.90 bits per heavy atom. The van der Waals surface area contributed by atoms with Gasteiger partial charge < -0.3 is 4.74 Å². The van der Waals surface area contributed by atoms with Gasteiger partial charge >= 0.3 is 0 Å². The average Bonchev–Trinajstić information content (AvgIpc) is 2.49. The summed E-state index contributed by atoms with van der Waals surface area (Å²) in [5.41, 5.74) is 0.730. The van der Waals surface area contributed by atoms with Gasteiger partial charge in [-0.15, -0.1) is 0 Å². The molecule has 108 valence electrons. The Kier molecular flexibility index (Phi) is 4.64. The van der Waals surface area contributed by atoms with Crippen molar-refractivity contribution in [3.8, 4) is 11.8 Å². The summed E-state index contributed by atoms with van der Waals surface area (Å²) >= 11 is 3.16. The van der Waals surface area contributed by atoms with Crippen LogP contribution in [0.4, 0.5) is 4.39 Å². The van der Waals surface area contributed by atoms with Crippen molar-refractivity contribution in [3.05, 3.63) is 63.9 Å². The fourth-order valence-corrected chi connectivity index (χ4v) is 2.25. The summed E-state index contributed by atoms with van der Waals surface area (Å²) in [4.78, 5) is 0. The van der Waals surface area contributed by atoms with E-state index in [4.69, 9.17) is 4.74 Å². The third kappa shape index (κ3) is 3.62. The average molecular weight is 348 g/mol. The van der Waals surface area contributed by atoms with Crippen LogP contribution in [0.5, 0.6) is 5.75 Å². The van der Waals surface area contributed by atoms with Crippen molar-refractivity contribution in [3.63, 3.8) is 0 Å². The Hall–Kier alpha value is -1.86. The number of nitrogens with zero attached hydrogens (tertiary/aromatic N) is 1. The van der Waals surface area contributed by atoms with Crippen LogP contribution < -0.4 is 4.74 Å². The van der Waals surface area contributed by atoms with Crippen molar-refractivity contribution in [2.24, 2.45) is 0 Å². The molecule has 0 saturated carbocycles. The third-order valence-electron chi connectivity index (χ3n) is 3.21. The lowest BCUT2D eigenvalue weighted by molar-refractivity contribution is 0.298. The van der Waals surface area contributed by atoms with Crippen LogP contribution in [0.2, 0.25) is 0 Å². The van der Waals surface area contributed by atoms with E-state index in [2.05, 4.69) is 22.0 Å². The van der Waals surface area contributed by atoms with Crippen molar-refractivity contribution >= 4 is 15.9 Å². The number of nitriles is 1.